The van der Waals surface area contributed by atoms with Gasteiger partial charge in [-0.2, -0.15) is 0 Å². The number of nitrogens with one attached hydrogen (secondary N) is 1. The number of nitrogens with zero attached hydrogens (tertiary/aromatic N) is 1. The van der Waals surface area contributed by atoms with Crippen LogP contribution in [0.4, 0.5) is 0 Å². The van der Waals surface area contributed by atoms with Gasteiger partial charge in [0.15, 0.2) is 0 Å². The molecule has 17 heavy (non-hydrogen) atoms. The van der Waals surface area contributed by atoms with E-state index in [4.69, 9.17) is 5.11 Å². The van der Waals surface area contributed by atoms with Crippen LogP contribution in [0.5, 0.6) is 0 Å². The molecule has 0 aliphatic carbocycles. The van der Waals surface area contributed by atoms with Crippen LogP contribution in [-0.4, -0.2) is 27.5 Å². The first kappa shape index (κ1) is 13.6. The highest BCUT2D eigenvalue weighted by atomic mass is 79.9. The molecule has 0 unspecified atom stereocenters. The molecule has 0 spiro atoms. The monoisotopic (exact) mass is 300 g/mol. The number of carboxylic acids is 1. The molecule has 1 amide bonds. The molecule has 1 aromatic rings. The lowest BCUT2D eigenvalue weighted by molar-refractivity contribution is -0.138. The van der Waals surface area contributed by atoms with Crippen molar-refractivity contribution < 1.29 is 14.7 Å². The maximum Gasteiger partial charge on any atom is 0.305 e. The van der Waals surface area contributed by atoms with Crippen molar-refractivity contribution >= 4 is 27.8 Å². The Hall–Kier alpha value is -1.43. The molecule has 0 aliphatic heterocycles. The van der Waals surface area contributed by atoms with Crippen molar-refractivity contribution in [2.75, 3.05) is 0 Å². The predicted octanol–water partition coefficient (Wildman–Crippen LogP) is 1.83. The number of aliphatic carboxylic acids is 1. The lowest BCUT2D eigenvalue weighted by Crippen LogP contribution is -2.45. The topological polar surface area (TPSA) is 79.3 Å². The van der Waals surface area contributed by atoms with Crippen molar-refractivity contribution in [3.8, 4) is 0 Å². The number of halogens is 1. The fourth-order valence-electron chi connectivity index (χ4n) is 1.33. The number of carbonyl (C=O) groups is 2. The molecule has 0 saturated carbocycles. The summed E-state index contributed by atoms with van der Waals surface area (Å²) in [5, 5.41) is 11.3. The van der Waals surface area contributed by atoms with Gasteiger partial charge in [0.1, 0.15) is 10.3 Å². The van der Waals surface area contributed by atoms with Crippen molar-refractivity contribution in [2.45, 2.75) is 25.8 Å². The van der Waals surface area contributed by atoms with Crippen LogP contribution in [0.3, 0.4) is 0 Å². The molecule has 0 aliphatic rings. The minimum Gasteiger partial charge on any atom is -0.481 e. The van der Waals surface area contributed by atoms with E-state index in [-0.39, 0.29) is 12.1 Å². The number of pyridine rings is 1. The summed E-state index contributed by atoms with van der Waals surface area (Å²) in [6, 6.07) is 4.96. The molecule has 5 nitrogen and oxygen atoms in total. The number of amides is 1. The van der Waals surface area contributed by atoms with Gasteiger partial charge in [-0.1, -0.05) is 6.07 Å². The number of carbonyl (C=O) groups excluding carboxylic acids is 1. The second kappa shape index (κ2) is 5.27. The Morgan fingerprint density at radius 2 is 2.12 bits per heavy atom. The Morgan fingerprint density at radius 1 is 1.47 bits per heavy atom. The van der Waals surface area contributed by atoms with Gasteiger partial charge in [-0.3, -0.25) is 9.59 Å². The van der Waals surface area contributed by atoms with Gasteiger partial charge in [-0.05, 0) is 41.9 Å². The molecule has 0 fully saturated rings. The normalized spacial score (nSPS) is 11.0. The van der Waals surface area contributed by atoms with E-state index in [9.17, 15) is 9.59 Å². The highest BCUT2D eigenvalue weighted by Gasteiger charge is 2.24. The first-order chi connectivity index (χ1) is 7.80. The van der Waals surface area contributed by atoms with Gasteiger partial charge in [-0.25, -0.2) is 4.98 Å². The second-order valence-corrected chi connectivity index (χ2v) is 5.07. The SMILES string of the molecule is CC(C)(CC(=O)O)NC(=O)c1cccc(Br)n1. The number of rotatable bonds is 4. The van der Waals surface area contributed by atoms with Crippen LogP contribution in [0.15, 0.2) is 22.8 Å². The van der Waals surface area contributed by atoms with E-state index in [2.05, 4.69) is 26.2 Å². The number of hydrogen-bond donors (Lipinski definition) is 2. The van der Waals surface area contributed by atoms with Crippen LogP contribution in [0.1, 0.15) is 30.8 Å². The third-order valence-electron chi connectivity index (χ3n) is 1.99. The van der Waals surface area contributed by atoms with Crippen LogP contribution >= 0.6 is 15.9 Å². The number of aromatic nitrogens is 1. The summed E-state index contributed by atoms with van der Waals surface area (Å²) in [5.74, 6) is -1.35. The Balaban J connectivity index is 2.75. The smallest absolute Gasteiger partial charge is 0.305 e. The molecule has 1 aromatic heterocycles. The van der Waals surface area contributed by atoms with Gasteiger partial charge >= 0.3 is 5.97 Å². The lowest BCUT2D eigenvalue weighted by Gasteiger charge is -2.23. The third-order valence-corrected chi connectivity index (χ3v) is 2.43. The molecule has 0 radical (unpaired) electrons. The maximum absolute atomic E-state index is 11.8. The zero-order valence-corrected chi connectivity index (χ0v) is 11.1. The molecular formula is C11H13BrN2O3. The highest BCUT2D eigenvalue weighted by Crippen LogP contribution is 2.11. The van der Waals surface area contributed by atoms with Crippen LogP contribution in [-0.2, 0) is 4.79 Å². The van der Waals surface area contributed by atoms with Crippen LogP contribution in [0.25, 0.3) is 0 Å². The molecule has 1 rings (SSSR count). The van der Waals surface area contributed by atoms with E-state index in [0.29, 0.717) is 4.60 Å². The van der Waals surface area contributed by atoms with Gasteiger partial charge in [-0.15, -0.1) is 0 Å². The standard InChI is InChI=1S/C11H13BrN2O3/c1-11(2,6-9(15)16)14-10(17)7-4-3-5-8(12)13-7/h3-5H,6H2,1-2H3,(H,14,17)(H,15,16). The third kappa shape index (κ3) is 4.52. The van der Waals surface area contributed by atoms with E-state index in [1.54, 1.807) is 32.0 Å². The van der Waals surface area contributed by atoms with Crippen molar-refractivity contribution in [2.24, 2.45) is 0 Å². The minimum absolute atomic E-state index is 0.146. The lowest BCUT2D eigenvalue weighted by atomic mass is 10.0. The average Bonchev–Trinajstić information content (AvgIpc) is 2.14. The number of hydrogen-bond acceptors (Lipinski definition) is 3. The Morgan fingerprint density at radius 3 is 2.65 bits per heavy atom. The predicted molar refractivity (Wildman–Crippen MR) is 65.7 cm³/mol. The van der Waals surface area contributed by atoms with Gasteiger partial charge in [0.25, 0.3) is 5.91 Å². The fourth-order valence-corrected chi connectivity index (χ4v) is 1.67. The number of carboxylic acid groups (broad SMARTS) is 1. The Bertz CT molecular complexity index is 446. The van der Waals surface area contributed by atoms with E-state index in [1.807, 2.05) is 0 Å². The first-order valence-electron chi connectivity index (χ1n) is 4.97. The van der Waals surface area contributed by atoms with Crippen LogP contribution in [0.2, 0.25) is 0 Å². The van der Waals surface area contributed by atoms with Crippen molar-refractivity contribution in [3.05, 3.63) is 28.5 Å². The molecule has 92 valence electrons. The first-order valence-corrected chi connectivity index (χ1v) is 5.76. The quantitative estimate of drug-likeness (QED) is 0.832. The van der Waals surface area contributed by atoms with E-state index in [0.717, 1.165) is 0 Å². The minimum atomic E-state index is -0.961. The molecule has 0 bridgehead atoms. The summed E-state index contributed by atoms with van der Waals surface area (Å²) in [6.45, 7) is 3.30. The largest absolute Gasteiger partial charge is 0.481 e. The van der Waals surface area contributed by atoms with Gasteiger partial charge in [0.2, 0.25) is 0 Å². The summed E-state index contributed by atoms with van der Waals surface area (Å²) in [6.07, 6.45) is -0.146. The van der Waals surface area contributed by atoms with Gasteiger partial charge in [0, 0.05) is 5.54 Å². The summed E-state index contributed by atoms with van der Waals surface area (Å²) in [5.41, 5.74) is -0.565. The van der Waals surface area contributed by atoms with Crippen molar-refractivity contribution in [1.82, 2.24) is 10.3 Å². The van der Waals surface area contributed by atoms with Crippen LogP contribution in [0, 0.1) is 0 Å². The molecule has 1 heterocycles. The van der Waals surface area contributed by atoms with Gasteiger partial charge < -0.3 is 10.4 Å². The fraction of sp³-hybridized carbons (Fsp3) is 0.364. The Labute approximate surface area is 107 Å². The van der Waals surface area contributed by atoms with E-state index >= 15 is 0 Å². The van der Waals surface area contributed by atoms with Crippen LogP contribution < -0.4 is 5.32 Å². The average molecular weight is 301 g/mol. The molecule has 0 atom stereocenters. The van der Waals surface area contributed by atoms with Crippen molar-refractivity contribution in [3.63, 3.8) is 0 Å². The summed E-state index contributed by atoms with van der Waals surface area (Å²) < 4.78 is 0.557. The van der Waals surface area contributed by atoms with Crippen molar-refractivity contribution in [1.29, 1.82) is 0 Å². The highest BCUT2D eigenvalue weighted by molar-refractivity contribution is 9.10. The molecular weight excluding hydrogens is 288 g/mol. The molecule has 6 heteroatoms. The molecule has 0 aromatic carbocycles. The van der Waals surface area contributed by atoms with E-state index in [1.165, 1.54) is 0 Å². The summed E-state index contributed by atoms with van der Waals surface area (Å²) >= 11 is 3.17. The zero-order chi connectivity index (χ0) is 13.1. The Kier molecular flexibility index (Phi) is 4.22. The molecule has 2 N–H and O–H groups in total. The second-order valence-electron chi connectivity index (χ2n) is 4.25. The van der Waals surface area contributed by atoms with E-state index < -0.39 is 17.4 Å². The summed E-state index contributed by atoms with van der Waals surface area (Å²) in [7, 11) is 0. The maximum atomic E-state index is 11.8. The zero-order valence-electron chi connectivity index (χ0n) is 9.53. The summed E-state index contributed by atoms with van der Waals surface area (Å²) in [4.78, 5) is 26.4. The molecule has 0 saturated heterocycles. The van der Waals surface area contributed by atoms with Gasteiger partial charge in [0.05, 0.1) is 6.42 Å².